The Labute approximate surface area is 128 Å². The molecule has 0 fully saturated rings. The molecule has 0 bridgehead atoms. The van der Waals surface area contributed by atoms with Crippen LogP contribution in [0.1, 0.15) is 10.4 Å². The average Bonchev–Trinajstić information content (AvgIpc) is 2.54. The molecule has 0 aliphatic rings. The highest BCUT2D eigenvalue weighted by atomic mass is 35.5. The maximum Gasteiger partial charge on any atom is 0.255 e. The van der Waals surface area contributed by atoms with Gasteiger partial charge in [-0.25, -0.2) is 0 Å². The molecular formula is C15H16ClN3O2. The van der Waals surface area contributed by atoms with Crippen molar-refractivity contribution < 1.29 is 9.90 Å². The number of aromatic nitrogens is 1. The molecule has 1 unspecified atom stereocenters. The van der Waals surface area contributed by atoms with Crippen molar-refractivity contribution >= 4 is 28.9 Å². The van der Waals surface area contributed by atoms with Crippen molar-refractivity contribution in [3.05, 3.63) is 54.4 Å². The van der Waals surface area contributed by atoms with Crippen molar-refractivity contribution in [3.63, 3.8) is 0 Å². The van der Waals surface area contributed by atoms with Gasteiger partial charge in [0.05, 0.1) is 23.9 Å². The Morgan fingerprint density at radius 3 is 2.62 bits per heavy atom. The third kappa shape index (κ3) is 4.73. The molecule has 21 heavy (non-hydrogen) atoms. The van der Waals surface area contributed by atoms with Crippen molar-refractivity contribution in [1.82, 2.24) is 4.98 Å². The largest absolute Gasteiger partial charge is 0.390 e. The highest BCUT2D eigenvalue weighted by Crippen LogP contribution is 2.12. The number of nitrogens with one attached hydrogen (secondary N) is 2. The molecule has 1 amide bonds. The summed E-state index contributed by atoms with van der Waals surface area (Å²) in [4.78, 5) is 16.0. The van der Waals surface area contributed by atoms with Gasteiger partial charge < -0.3 is 15.7 Å². The summed E-state index contributed by atoms with van der Waals surface area (Å²) in [6.45, 7) is 0.366. The lowest BCUT2D eigenvalue weighted by Crippen LogP contribution is -2.20. The number of halogens is 1. The van der Waals surface area contributed by atoms with E-state index in [1.807, 2.05) is 0 Å². The molecule has 5 nitrogen and oxygen atoms in total. The first-order chi connectivity index (χ1) is 10.2. The van der Waals surface area contributed by atoms with Gasteiger partial charge in [0.2, 0.25) is 0 Å². The number of aliphatic hydroxyl groups is 1. The molecule has 0 spiro atoms. The maximum absolute atomic E-state index is 12.0. The van der Waals surface area contributed by atoms with E-state index < -0.39 is 6.10 Å². The monoisotopic (exact) mass is 305 g/mol. The first-order valence-electron chi connectivity index (χ1n) is 6.48. The number of benzene rings is 1. The van der Waals surface area contributed by atoms with E-state index >= 15 is 0 Å². The van der Waals surface area contributed by atoms with E-state index in [1.54, 1.807) is 48.8 Å². The van der Waals surface area contributed by atoms with Gasteiger partial charge in [-0.15, -0.1) is 11.6 Å². The van der Waals surface area contributed by atoms with Crippen molar-refractivity contribution in [2.75, 3.05) is 23.1 Å². The number of alkyl halides is 1. The van der Waals surface area contributed by atoms with Gasteiger partial charge in [-0.05, 0) is 36.4 Å². The Kier molecular flexibility index (Phi) is 5.54. The standard InChI is InChI=1S/C15H16ClN3O2/c16-8-14(20)10-18-12-5-3-11(4-6-12)15(21)19-13-2-1-7-17-9-13/h1-7,9,14,18,20H,8,10H2,(H,19,21). The van der Waals surface area contributed by atoms with Gasteiger partial charge in [0.1, 0.15) is 0 Å². The van der Waals surface area contributed by atoms with Crippen molar-refractivity contribution in [1.29, 1.82) is 0 Å². The van der Waals surface area contributed by atoms with Gasteiger partial charge in [0, 0.05) is 24.0 Å². The van der Waals surface area contributed by atoms with Crippen LogP contribution in [0.15, 0.2) is 48.8 Å². The van der Waals surface area contributed by atoms with E-state index in [9.17, 15) is 9.90 Å². The van der Waals surface area contributed by atoms with Crippen LogP contribution in [0.4, 0.5) is 11.4 Å². The number of carbonyl (C=O) groups is 1. The number of nitrogens with zero attached hydrogens (tertiary/aromatic N) is 1. The van der Waals surface area contributed by atoms with E-state index in [-0.39, 0.29) is 11.8 Å². The van der Waals surface area contributed by atoms with Gasteiger partial charge in [-0.2, -0.15) is 0 Å². The molecule has 6 heteroatoms. The Morgan fingerprint density at radius 1 is 1.24 bits per heavy atom. The van der Waals surface area contributed by atoms with Crippen LogP contribution in [0.25, 0.3) is 0 Å². The van der Waals surface area contributed by atoms with Gasteiger partial charge in [0.15, 0.2) is 0 Å². The number of hydrogen-bond acceptors (Lipinski definition) is 4. The third-order valence-electron chi connectivity index (χ3n) is 2.79. The molecule has 0 aliphatic heterocycles. The summed E-state index contributed by atoms with van der Waals surface area (Å²) in [5, 5.41) is 15.2. The van der Waals surface area contributed by atoms with E-state index in [2.05, 4.69) is 15.6 Å². The van der Waals surface area contributed by atoms with Crippen LogP contribution >= 0.6 is 11.6 Å². The summed E-state index contributed by atoms with van der Waals surface area (Å²) in [5.41, 5.74) is 2.01. The Hall–Kier alpha value is -2.11. The van der Waals surface area contributed by atoms with Crippen molar-refractivity contribution in [2.45, 2.75) is 6.10 Å². The fourth-order valence-electron chi connectivity index (χ4n) is 1.67. The van der Waals surface area contributed by atoms with E-state index in [4.69, 9.17) is 11.6 Å². The lowest BCUT2D eigenvalue weighted by molar-refractivity contribution is 0.102. The van der Waals surface area contributed by atoms with Crippen LogP contribution in [-0.2, 0) is 0 Å². The minimum atomic E-state index is -0.597. The number of carbonyl (C=O) groups excluding carboxylic acids is 1. The van der Waals surface area contributed by atoms with E-state index in [0.29, 0.717) is 17.8 Å². The Balaban J connectivity index is 1.94. The average molecular weight is 306 g/mol. The number of hydrogen-bond donors (Lipinski definition) is 3. The lowest BCUT2D eigenvalue weighted by Gasteiger charge is -2.10. The summed E-state index contributed by atoms with van der Waals surface area (Å²) in [6, 6.07) is 10.5. The van der Waals surface area contributed by atoms with Crippen LogP contribution in [-0.4, -0.2) is 34.5 Å². The number of anilines is 2. The minimum Gasteiger partial charge on any atom is -0.390 e. The molecule has 0 saturated carbocycles. The predicted molar refractivity (Wildman–Crippen MR) is 83.8 cm³/mol. The smallest absolute Gasteiger partial charge is 0.255 e. The molecule has 3 N–H and O–H groups in total. The van der Waals surface area contributed by atoms with Gasteiger partial charge >= 0.3 is 0 Å². The molecule has 2 rings (SSSR count). The van der Waals surface area contributed by atoms with Crippen LogP contribution in [0.3, 0.4) is 0 Å². The highest BCUT2D eigenvalue weighted by molar-refractivity contribution is 6.18. The number of amides is 1. The molecule has 0 saturated heterocycles. The topological polar surface area (TPSA) is 74.2 Å². The van der Waals surface area contributed by atoms with Crippen molar-refractivity contribution in [3.8, 4) is 0 Å². The zero-order chi connectivity index (χ0) is 15.1. The van der Waals surface area contributed by atoms with Gasteiger partial charge in [-0.3, -0.25) is 9.78 Å². The van der Waals surface area contributed by atoms with Crippen molar-refractivity contribution in [2.24, 2.45) is 0 Å². The number of rotatable bonds is 6. The molecule has 110 valence electrons. The maximum atomic E-state index is 12.0. The van der Waals surface area contributed by atoms with E-state index in [1.165, 1.54) is 0 Å². The number of pyridine rings is 1. The molecule has 1 atom stereocenters. The highest BCUT2D eigenvalue weighted by Gasteiger charge is 2.06. The second kappa shape index (κ2) is 7.61. The Bertz CT molecular complexity index is 575. The SMILES string of the molecule is O=C(Nc1cccnc1)c1ccc(NCC(O)CCl)cc1. The fourth-order valence-corrected chi connectivity index (χ4v) is 1.78. The minimum absolute atomic E-state index is 0.179. The summed E-state index contributed by atoms with van der Waals surface area (Å²) in [5.74, 6) is -0.0196. The third-order valence-corrected chi connectivity index (χ3v) is 3.14. The van der Waals surface area contributed by atoms with Crippen LogP contribution in [0.5, 0.6) is 0 Å². The van der Waals surface area contributed by atoms with Gasteiger partial charge in [-0.1, -0.05) is 0 Å². The lowest BCUT2D eigenvalue weighted by atomic mass is 10.2. The zero-order valence-electron chi connectivity index (χ0n) is 11.3. The molecule has 2 aromatic rings. The normalized spacial score (nSPS) is 11.7. The molecule has 0 aliphatic carbocycles. The van der Waals surface area contributed by atoms with Gasteiger partial charge in [0.25, 0.3) is 5.91 Å². The number of aliphatic hydroxyl groups excluding tert-OH is 1. The first kappa shape index (κ1) is 15.3. The molecule has 1 aromatic heterocycles. The Morgan fingerprint density at radius 2 is 2.00 bits per heavy atom. The first-order valence-corrected chi connectivity index (χ1v) is 7.02. The van der Waals surface area contributed by atoms with Crippen LogP contribution in [0, 0.1) is 0 Å². The second-order valence-corrected chi connectivity index (χ2v) is 4.77. The quantitative estimate of drug-likeness (QED) is 0.716. The van der Waals surface area contributed by atoms with Crippen LogP contribution in [0.2, 0.25) is 0 Å². The molecule has 0 radical (unpaired) electrons. The molecule has 1 heterocycles. The predicted octanol–water partition coefficient (Wildman–Crippen LogP) is 2.35. The second-order valence-electron chi connectivity index (χ2n) is 4.46. The summed E-state index contributed by atoms with van der Waals surface area (Å²) >= 11 is 5.51. The summed E-state index contributed by atoms with van der Waals surface area (Å²) in [7, 11) is 0. The fraction of sp³-hybridized carbons (Fsp3) is 0.200. The summed E-state index contributed by atoms with van der Waals surface area (Å²) < 4.78 is 0. The zero-order valence-corrected chi connectivity index (χ0v) is 12.0. The van der Waals surface area contributed by atoms with Crippen LogP contribution < -0.4 is 10.6 Å². The molecule has 1 aromatic carbocycles. The molecular weight excluding hydrogens is 290 g/mol. The van der Waals surface area contributed by atoms with E-state index in [0.717, 1.165) is 5.69 Å². The summed E-state index contributed by atoms with van der Waals surface area (Å²) in [6.07, 6.45) is 2.63.